The van der Waals surface area contributed by atoms with Crippen LogP contribution in [0, 0.1) is 0 Å². The van der Waals surface area contributed by atoms with Crippen LogP contribution in [0.25, 0.3) is 0 Å². The lowest BCUT2D eigenvalue weighted by Gasteiger charge is -1.71. The van der Waals surface area contributed by atoms with E-state index in [-0.39, 0.29) is 15.7 Å². The summed E-state index contributed by atoms with van der Waals surface area (Å²) in [5.41, 5.74) is 0. The normalized spacial score (nSPS) is 6.33. The van der Waals surface area contributed by atoms with Gasteiger partial charge >= 0.3 is 0 Å². The lowest BCUT2D eigenvalue weighted by Crippen LogP contribution is -1.80. The maximum absolute atomic E-state index is 9.81. The molecule has 0 aliphatic heterocycles. The molecule has 0 aliphatic rings. The van der Waals surface area contributed by atoms with Gasteiger partial charge in [0, 0.05) is 6.42 Å². The SMILES string of the molecule is CCC(C)=O.P. The van der Waals surface area contributed by atoms with Crippen LogP contribution in [0.5, 0.6) is 0 Å². The summed E-state index contributed by atoms with van der Waals surface area (Å²) in [5, 5.41) is 0. The van der Waals surface area contributed by atoms with E-state index in [9.17, 15) is 4.79 Å². The number of ketones is 1. The Balaban J connectivity index is 0. The first kappa shape index (κ1) is 9.44. The minimum atomic E-state index is 0. The molecule has 0 bridgehead atoms. The Morgan fingerprint density at radius 2 is 1.83 bits per heavy atom. The number of hydrogen-bond acceptors (Lipinski definition) is 1. The molecule has 0 radical (unpaired) electrons. The average Bonchev–Trinajstić information content (AvgIpc) is 1.38. The van der Waals surface area contributed by atoms with Crippen molar-refractivity contribution < 1.29 is 4.79 Å². The quantitative estimate of drug-likeness (QED) is 0.456. The molecule has 38 valence electrons. The monoisotopic (exact) mass is 106 g/mol. The van der Waals surface area contributed by atoms with Gasteiger partial charge in [-0.3, -0.25) is 0 Å². The van der Waals surface area contributed by atoms with Crippen molar-refractivity contribution in [2.24, 2.45) is 0 Å². The first-order valence-electron chi connectivity index (χ1n) is 1.76. The van der Waals surface area contributed by atoms with E-state index < -0.39 is 0 Å². The summed E-state index contributed by atoms with van der Waals surface area (Å²) in [6.45, 7) is 3.43. The molecule has 2 heteroatoms. The van der Waals surface area contributed by atoms with Crippen molar-refractivity contribution in [3.63, 3.8) is 0 Å². The lowest BCUT2D eigenvalue weighted by molar-refractivity contribution is -0.116. The highest BCUT2D eigenvalue weighted by Gasteiger charge is 1.76. The summed E-state index contributed by atoms with van der Waals surface area (Å²) >= 11 is 0. The van der Waals surface area contributed by atoms with Gasteiger partial charge in [-0.05, 0) is 6.92 Å². The predicted molar refractivity (Wildman–Crippen MR) is 32.1 cm³/mol. The largest absolute Gasteiger partial charge is 0.300 e. The predicted octanol–water partition coefficient (Wildman–Crippen LogP) is 1.04. The molecule has 0 saturated carbocycles. The van der Waals surface area contributed by atoms with Crippen molar-refractivity contribution in [1.29, 1.82) is 0 Å². The first-order chi connectivity index (χ1) is 2.27. The third-order valence-electron chi connectivity index (χ3n) is 0.498. The van der Waals surface area contributed by atoms with Crippen LogP contribution in [-0.4, -0.2) is 5.78 Å². The number of Topliss-reactive ketones (excluding diaryl/α,β-unsaturated/α-hetero) is 1. The molecule has 1 unspecified atom stereocenters. The zero-order valence-electron chi connectivity index (χ0n) is 4.32. The van der Waals surface area contributed by atoms with Gasteiger partial charge in [-0.15, -0.1) is 0 Å². The maximum atomic E-state index is 9.81. The molecule has 0 fully saturated rings. The fourth-order valence-corrected chi connectivity index (χ4v) is 0. The Morgan fingerprint density at radius 1 is 1.67 bits per heavy atom. The van der Waals surface area contributed by atoms with E-state index in [0.717, 1.165) is 0 Å². The molecule has 0 aromatic heterocycles. The van der Waals surface area contributed by atoms with E-state index in [4.69, 9.17) is 0 Å². The molecule has 1 nitrogen and oxygen atoms in total. The van der Waals surface area contributed by atoms with Crippen LogP contribution in [-0.2, 0) is 4.79 Å². The first-order valence-corrected chi connectivity index (χ1v) is 1.76. The summed E-state index contributed by atoms with van der Waals surface area (Å²) in [6, 6.07) is 0. The molecule has 0 aromatic rings. The van der Waals surface area contributed by atoms with Crippen LogP contribution < -0.4 is 0 Å². The molecule has 0 N–H and O–H groups in total. The molecule has 0 spiro atoms. The van der Waals surface area contributed by atoms with Crippen molar-refractivity contribution in [3.05, 3.63) is 0 Å². The number of hydrogen-bond donors (Lipinski definition) is 0. The smallest absolute Gasteiger partial charge is 0.129 e. The third-order valence-corrected chi connectivity index (χ3v) is 0.498. The van der Waals surface area contributed by atoms with E-state index in [1.54, 1.807) is 6.92 Å². The van der Waals surface area contributed by atoms with Gasteiger partial charge in [-0.2, -0.15) is 9.90 Å². The highest BCUT2D eigenvalue weighted by atomic mass is 31.0. The number of carbonyl (C=O) groups excluding carboxylic acids is 1. The Kier molecular flexibility index (Phi) is 8.02. The van der Waals surface area contributed by atoms with Gasteiger partial charge in [-0.1, -0.05) is 6.92 Å². The van der Waals surface area contributed by atoms with Crippen LogP contribution in [0.15, 0.2) is 0 Å². The van der Waals surface area contributed by atoms with Crippen LogP contribution in [0.4, 0.5) is 0 Å². The van der Waals surface area contributed by atoms with Crippen LogP contribution in [0.3, 0.4) is 0 Å². The Labute approximate surface area is 41.7 Å². The second-order valence-electron chi connectivity index (χ2n) is 1.06. The van der Waals surface area contributed by atoms with Gasteiger partial charge in [0.25, 0.3) is 0 Å². The van der Waals surface area contributed by atoms with Gasteiger partial charge in [0.15, 0.2) is 0 Å². The molecule has 0 saturated heterocycles. The average molecular weight is 106 g/mol. The van der Waals surface area contributed by atoms with Crippen molar-refractivity contribution in [2.75, 3.05) is 0 Å². The second-order valence-corrected chi connectivity index (χ2v) is 1.06. The van der Waals surface area contributed by atoms with Gasteiger partial charge in [0.2, 0.25) is 0 Å². The molecule has 0 amide bonds. The summed E-state index contributed by atoms with van der Waals surface area (Å²) in [6.07, 6.45) is 0.667. The van der Waals surface area contributed by atoms with Crippen LogP contribution >= 0.6 is 9.90 Å². The summed E-state index contributed by atoms with van der Waals surface area (Å²) in [5.74, 6) is 0.255. The van der Waals surface area contributed by atoms with Crippen molar-refractivity contribution in [3.8, 4) is 0 Å². The molecule has 0 rings (SSSR count). The Morgan fingerprint density at radius 3 is 1.83 bits per heavy atom. The van der Waals surface area contributed by atoms with E-state index >= 15 is 0 Å². The minimum Gasteiger partial charge on any atom is -0.300 e. The van der Waals surface area contributed by atoms with E-state index in [0.29, 0.717) is 6.42 Å². The molecule has 0 aromatic carbocycles. The molecule has 0 heterocycles. The zero-order valence-corrected chi connectivity index (χ0v) is 5.74. The van der Waals surface area contributed by atoms with Crippen LogP contribution in [0.1, 0.15) is 20.3 Å². The van der Waals surface area contributed by atoms with Crippen molar-refractivity contribution >= 4 is 15.7 Å². The standard InChI is InChI=1S/C4H8O.H3P/c1-3-4(2)5;/h3H2,1-2H3;1H3. The highest BCUT2D eigenvalue weighted by Crippen LogP contribution is 1.71. The van der Waals surface area contributed by atoms with Gasteiger partial charge in [0.1, 0.15) is 5.78 Å². The lowest BCUT2D eigenvalue weighted by atomic mass is 10.4. The molecule has 0 aliphatic carbocycles. The molecule has 6 heavy (non-hydrogen) atoms. The van der Waals surface area contributed by atoms with Gasteiger partial charge in [0.05, 0.1) is 0 Å². The Hall–Kier alpha value is 0.100. The number of carbonyl (C=O) groups is 1. The van der Waals surface area contributed by atoms with E-state index in [1.807, 2.05) is 6.92 Å². The van der Waals surface area contributed by atoms with Gasteiger partial charge in [-0.25, -0.2) is 0 Å². The molecular formula is C4H11OP. The molecule has 1 atom stereocenters. The highest BCUT2D eigenvalue weighted by molar-refractivity contribution is 6.92. The number of rotatable bonds is 1. The van der Waals surface area contributed by atoms with E-state index in [1.165, 1.54) is 0 Å². The minimum absolute atomic E-state index is 0. The summed E-state index contributed by atoms with van der Waals surface area (Å²) < 4.78 is 0. The third kappa shape index (κ3) is 8.93. The second kappa shape index (κ2) is 5.10. The fourth-order valence-electron chi connectivity index (χ4n) is 0. The maximum Gasteiger partial charge on any atom is 0.129 e. The summed E-state index contributed by atoms with van der Waals surface area (Å²) in [4.78, 5) is 9.81. The van der Waals surface area contributed by atoms with E-state index in [2.05, 4.69) is 0 Å². The van der Waals surface area contributed by atoms with Gasteiger partial charge < -0.3 is 4.79 Å². The van der Waals surface area contributed by atoms with Crippen molar-refractivity contribution in [2.45, 2.75) is 20.3 Å². The van der Waals surface area contributed by atoms with Crippen molar-refractivity contribution in [1.82, 2.24) is 0 Å². The zero-order chi connectivity index (χ0) is 4.28. The summed E-state index contributed by atoms with van der Waals surface area (Å²) in [7, 11) is 0. The fraction of sp³-hybridized carbons (Fsp3) is 0.750. The Bertz CT molecular complexity index is 42.8. The topological polar surface area (TPSA) is 17.1 Å². The van der Waals surface area contributed by atoms with Crippen LogP contribution in [0.2, 0.25) is 0 Å². The molecular weight excluding hydrogens is 95.0 g/mol.